The molecule has 5 heteroatoms. The second kappa shape index (κ2) is 6.33. The maximum Gasteiger partial charge on any atom is 0.128 e. The average Bonchev–Trinajstić information content (AvgIpc) is 2.66. The number of rotatable bonds is 3. The molecule has 2 N–H and O–H groups in total. The molecule has 2 rings (SSSR count). The molecular formula is C13H19BrClFN2. The standard InChI is InChI=1S/C13H18BrFN2.ClH/c1-13(8-16)4-5-17(9-13)7-10-2-3-11(14)6-12(10)15;/h2-3,6H,4-5,7-9,16H2,1H3;1H. The Morgan fingerprint density at radius 2 is 2.22 bits per heavy atom. The van der Waals surface area contributed by atoms with Gasteiger partial charge in [-0.3, -0.25) is 4.90 Å². The number of nitrogens with two attached hydrogens (primary N) is 1. The minimum Gasteiger partial charge on any atom is -0.330 e. The average molecular weight is 338 g/mol. The zero-order valence-corrected chi connectivity index (χ0v) is 12.9. The molecule has 0 amide bonds. The van der Waals surface area contributed by atoms with Crippen LogP contribution in [0.1, 0.15) is 18.9 Å². The molecule has 102 valence electrons. The van der Waals surface area contributed by atoms with Gasteiger partial charge >= 0.3 is 0 Å². The molecule has 1 fully saturated rings. The fourth-order valence-corrected chi connectivity index (χ4v) is 2.65. The second-order valence-corrected chi connectivity index (χ2v) is 6.13. The third-order valence-corrected chi connectivity index (χ3v) is 4.03. The van der Waals surface area contributed by atoms with E-state index in [0.717, 1.165) is 29.5 Å². The van der Waals surface area contributed by atoms with Crippen LogP contribution in [-0.2, 0) is 6.54 Å². The van der Waals surface area contributed by atoms with Gasteiger partial charge in [0.05, 0.1) is 0 Å². The van der Waals surface area contributed by atoms with Crippen molar-refractivity contribution in [2.75, 3.05) is 19.6 Å². The summed E-state index contributed by atoms with van der Waals surface area (Å²) < 4.78 is 14.5. The van der Waals surface area contributed by atoms with Crippen LogP contribution in [0, 0.1) is 11.2 Å². The number of hydrogen-bond acceptors (Lipinski definition) is 2. The zero-order chi connectivity index (χ0) is 12.5. The molecule has 0 radical (unpaired) electrons. The van der Waals surface area contributed by atoms with Gasteiger partial charge in [0.1, 0.15) is 5.82 Å². The molecule has 0 saturated carbocycles. The Balaban J connectivity index is 0.00000162. The Labute approximate surface area is 122 Å². The van der Waals surface area contributed by atoms with Crippen molar-refractivity contribution in [3.8, 4) is 0 Å². The van der Waals surface area contributed by atoms with Crippen molar-refractivity contribution in [2.45, 2.75) is 19.9 Å². The molecule has 0 spiro atoms. The van der Waals surface area contributed by atoms with E-state index >= 15 is 0 Å². The molecule has 2 nitrogen and oxygen atoms in total. The summed E-state index contributed by atoms with van der Waals surface area (Å²) in [5.41, 5.74) is 6.73. The lowest BCUT2D eigenvalue weighted by molar-refractivity contribution is 0.271. The molecule has 1 aromatic carbocycles. The van der Waals surface area contributed by atoms with Crippen molar-refractivity contribution in [2.24, 2.45) is 11.1 Å². The van der Waals surface area contributed by atoms with Crippen LogP contribution in [0.15, 0.2) is 22.7 Å². The summed E-state index contributed by atoms with van der Waals surface area (Å²) in [7, 11) is 0. The van der Waals surface area contributed by atoms with E-state index in [2.05, 4.69) is 27.8 Å². The minimum atomic E-state index is -0.138. The first kappa shape index (κ1) is 15.9. The van der Waals surface area contributed by atoms with Crippen LogP contribution in [0.3, 0.4) is 0 Å². The van der Waals surface area contributed by atoms with Crippen molar-refractivity contribution in [3.05, 3.63) is 34.1 Å². The number of hydrogen-bond donors (Lipinski definition) is 1. The summed E-state index contributed by atoms with van der Waals surface area (Å²) in [5.74, 6) is -0.138. The Hall–Kier alpha value is -0.160. The van der Waals surface area contributed by atoms with Gasteiger partial charge in [-0.15, -0.1) is 12.4 Å². The predicted molar refractivity (Wildman–Crippen MR) is 78.4 cm³/mol. The van der Waals surface area contributed by atoms with Gasteiger partial charge in [-0.2, -0.15) is 0 Å². The Morgan fingerprint density at radius 3 is 2.78 bits per heavy atom. The lowest BCUT2D eigenvalue weighted by Gasteiger charge is -2.22. The number of likely N-dealkylation sites (tertiary alicyclic amines) is 1. The Morgan fingerprint density at radius 1 is 1.50 bits per heavy atom. The molecule has 1 unspecified atom stereocenters. The van der Waals surface area contributed by atoms with Crippen LogP contribution in [-0.4, -0.2) is 24.5 Å². The summed E-state index contributed by atoms with van der Waals surface area (Å²) in [5, 5.41) is 0. The maximum absolute atomic E-state index is 13.7. The molecule has 1 aliphatic heterocycles. The van der Waals surface area contributed by atoms with E-state index in [1.54, 1.807) is 0 Å². The third kappa shape index (κ3) is 3.67. The molecule has 1 heterocycles. The van der Waals surface area contributed by atoms with Crippen molar-refractivity contribution in [1.29, 1.82) is 0 Å². The van der Waals surface area contributed by atoms with Crippen LogP contribution in [0.4, 0.5) is 4.39 Å². The van der Waals surface area contributed by atoms with Gasteiger partial charge in [-0.1, -0.05) is 28.9 Å². The van der Waals surface area contributed by atoms with E-state index in [4.69, 9.17) is 5.73 Å². The highest BCUT2D eigenvalue weighted by Gasteiger charge is 2.32. The van der Waals surface area contributed by atoms with Crippen LogP contribution in [0.5, 0.6) is 0 Å². The van der Waals surface area contributed by atoms with E-state index in [0.29, 0.717) is 13.1 Å². The lowest BCUT2D eigenvalue weighted by Crippen LogP contribution is -2.31. The van der Waals surface area contributed by atoms with E-state index in [1.165, 1.54) is 6.07 Å². The predicted octanol–water partition coefficient (Wildman–Crippen LogP) is 3.18. The van der Waals surface area contributed by atoms with E-state index in [1.807, 2.05) is 12.1 Å². The van der Waals surface area contributed by atoms with Crippen molar-refractivity contribution >= 4 is 28.3 Å². The highest BCUT2D eigenvalue weighted by atomic mass is 79.9. The second-order valence-electron chi connectivity index (χ2n) is 5.21. The minimum absolute atomic E-state index is 0. The lowest BCUT2D eigenvalue weighted by atomic mass is 9.90. The quantitative estimate of drug-likeness (QED) is 0.918. The summed E-state index contributed by atoms with van der Waals surface area (Å²) in [4.78, 5) is 2.28. The van der Waals surface area contributed by atoms with Gasteiger partial charge in [0, 0.05) is 23.1 Å². The first-order valence-electron chi connectivity index (χ1n) is 5.89. The van der Waals surface area contributed by atoms with Gasteiger partial charge in [-0.05, 0) is 37.1 Å². The molecule has 1 aromatic rings. The molecule has 1 saturated heterocycles. The van der Waals surface area contributed by atoms with E-state index < -0.39 is 0 Å². The molecule has 0 aromatic heterocycles. The zero-order valence-electron chi connectivity index (χ0n) is 10.5. The molecule has 0 bridgehead atoms. The smallest absolute Gasteiger partial charge is 0.128 e. The molecule has 0 aliphatic carbocycles. The number of halogens is 3. The first-order chi connectivity index (χ1) is 8.02. The fourth-order valence-electron chi connectivity index (χ4n) is 2.32. The third-order valence-electron chi connectivity index (χ3n) is 3.54. The first-order valence-corrected chi connectivity index (χ1v) is 6.68. The number of nitrogens with zero attached hydrogens (tertiary/aromatic N) is 1. The highest BCUT2D eigenvalue weighted by Crippen LogP contribution is 2.30. The van der Waals surface area contributed by atoms with Crippen molar-refractivity contribution in [3.63, 3.8) is 0 Å². The summed E-state index contributed by atoms with van der Waals surface area (Å²) in [6.07, 6.45) is 1.10. The molecule has 1 aliphatic rings. The van der Waals surface area contributed by atoms with Gasteiger partial charge < -0.3 is 5.73 Å². The maximum atomic E-state index is 13.7. The largest absolute Gasteiger partial charge is 0.330 e. The fraction of sp³-hybridized carbons (Fsp3) is 0.538. The van der Waals surface area contributed by atoms with Crippen LogP contribution in [0.2, 0.25) is 0 Å². The van der Waals surface area contributed by atoms with Crippen LogP contribution >= 0.6 is 28.3 Å². The Bertz CT molecular complexity index is 416. The number of benzene rings is 1. The van der Waals surface area contributed by atoms with E-state index in [9.17, 15) is 4.39 Å². The van der Waals surface area contributed by atoms with Gasteiger partial charge in [0.2, 0.25) is 0 Å². The van der Waals surface area contributed by atoms with Crippen molar-refractivity contribution < 1.29 is 4.39 Å². The van der Waals surface area contributed by atoms with Gasteiger partial charge in [0.25, 0.3) is 0 Å². The topological polar surface area (TPSA) is 29.3 Å². The summed E-state index contributed by atoms with van der Waals surface area (Å²) >= 11 is 3.27. The summed E-state index contributed by atoms with van der Waals surface area (Å²) in [6, 6.07) is 5.25. The Kier molecular flexibility index (Phi) is 5.59. The highest BCUT2D eigenvalue weighted by molar-refractivity contribution is 9.10. The monoisotopic (exact) mass is 336 g/mol. The molecule has 18 heavy (non-hydrogen) atoms. The summed E-state index contributed by atoms with van der Waals surface area (Å²) in [6.45, 7) is 5.54. The van der Waals surface area contributed by atoms with Crippen molar-refractivity contribution in [1.82, 2.24) is 4.90 Å². The normalized spacial score (nSPS) is 24.0. The molecule has 1 atom stereocenters. The van der Waals surface area contributed by atoms with Crippen LogP contribution in [0.25, 0.3) is 0 Å². The van der Waals surface area contributed by atoms with E-state index in [-0.39, 0.29) is 23.6 Å². The van der Waals surface area contributed by atoms with Gasteiger partial charge in [0.15, 0.2) is 0 Å². The van der Waals surface area contributed by atoms with Crippen LogP contribution < -0.4 is 5.73 Å². The van der Waals surface area contributed by atoms with Gasteiger partial charge in [-0.25, -0.2) is 4.39 Å². The molecular weight excluding hydrogens is 319 g/mol. The SMILES string of the molecule is CC1(CN)CCN(Cc2ccc(Br)cc2F)C1.Cl.